The maximum absolute atomic E-state index is 5.42. The van der Waals surface area contributed by atoms with E-state index in [1.807, 2.05) is 13.8 Å². The Morgan fingerprint density at radius 2 is 2.27 bits per heavy atom. The number of aryl methyl sites for hydroxylation is 1. The van der Waals surface area contributed by atoms with Crippen LogP contribution in [-0.2, 0) is 13.1 Å². The summed E-state index contributed by atoms with van der Waals surface area (Å²) in [5.74, 6) is 2.73. The summed E-state index contributed by atoms with van der Waals surface area (Å²) in [6.45, 7) is 8.10. The lowest BCUT2D eigenvalue weighted by Crippen LogP contribution is -2.37. The third kappa shape index (κ3) is 3.45. The Morgan fingerprint density at radius 3 is 2.87 bits per heavy atom. The molecule has 0 bridgehead atoms. The summed E-state index contributed by atoms with van der Waals surface area (Å²) in [5, 5.41) is 3.35. The van der Waals surface area contributed by atoms with Crippen LogP contribution in [0.25, 0.3) is 0 Å². The number of aromatic nitrogens is 1. The van der Waals surface area contributed by atoms with Crippen molar-refractivity contribution < 1.29 is 0 Å². The molecule has 1 aromatic rings. The van der Waals surface area contributed by atoms with Crippen LogP contribution in [0.4, 0.5) is 0 Å². The molecule has 1 aromatic heterocycles. The van der Waals surface area contributed by atoms with Crippen LogP contribution in [0.1, 0.15) is 32.9 Å². The summed E-state index contributed by atoms with van der Waals surface area (Å²) < 4.78 is 2.26. The zero-order chi connectivity index (χ0) is 11.3. The smallest absolute Gasteiger partial charge is 0.0744 e. The fourth-order valence-electron chi connectivity index (χ4n) is 1.43. The Balaban J connectivity index is 2.58. The molecule has 0 aliphatic carbocycles. The van der Waals surface area contributed by atoms with Gasteiger partial charge in [0.2, 0.25) is 0 Å². The van der Waals surface area contributed by atoms with Crippen molar-refractivity contribution >= 4 is 0 Å². The maximum Gasteiger partial charge on any atom is 0.0744 e. The predicted molar refractivity (Wildman–Crippen MR) is 64.5 cm³/mol. The second kappa shape index (κ2) is 5.04. The molecule has 0 saturated carbocycles. The summed E-state index contributed by atoms with van der Waals surface area (Å²) in [6, 6.07) is 4.21. The molecule has 0 spiro atoms. The van der Waals surface area contributed by atoms with Crippen molar-refractivity contribution in [2.75, 3.05) is 0 Å². The molecule has 0 aliphatic rings. The minimum absolute atomic E-state index is 0.235. The molecule has 0 amide bonds. The Kier molecular flexibility index (Phi) is 3.99. The van der Waals surface area contributed by atoms with Gasteiger partial charge in [-0.15, -0.1) is 6.42 Å². The molecule has 0 aliphatic heterocycles. The van der Waals surface area contributed by atoms with E-state index in [0.717, 1.165) is 19.5 Å². The predicted octanol–water partition coefficient (Wildman–Crippen LogP) is 2.40. The number of nitrogens with zero attached hydrogens (tertiary/aromatic N) is 1. The Hall–Kier alpha value is -1.20. The normalized spacial score (nSPS) is 11.3. The summed E-state index contributed by atoms with van der Waals surface area (Å²) in [4.78, 5) is 0. The van der Waals surface area contributed by atoms with E-state index >= 15 is 0 Å². The van der Waals surface area contributed by atoms with Crippen molar-refractivity contribution in [3.8, 4) is 12.3 Å². The minimum atomic E-state index is -0.235. The van der Waals surface area contributed by atoms with Crippen molar-refractivity contribution in [1.29, 1.82) is 0 Å². The van der Waals surface area contributed by atoms with E-state index in [4.69, 9.17) is 6.42 Å². The van der Waals surface area contributed by atoms with Crippen LogP contribution >= 0.6 is 0 Å². The van der Waals surface area contributed by atoms with Crippen LogP contribution in [-0.4, -0.2) is 10.1 Å². The lowest BCUT2D eigenvalue weighted by Gasteiger charge is -2.20. The first-order chi connectivity index (χ1) is 7.09. The van der Waals surface area contributed by atoms with Crippen LogP contribution in [0.5, 0.6) is 0 Å². The monoisotopic (exact) mass is 204 g/mol. The van der Waals surface area contributed by atoms with Gasteiger partial charge in [0.15, 0.2) is 0 Å². The van der Waals surface area contributed by atoms with Gasteiger partial charge in [-0.1, -0.05) is 12.8 Å². The quantitative estimate of drug-likeness (QED) is 0.729. The molecule has 0 fully saturated rings. The molecule has 1 N–H and O–H groups in total. The van der Waals surface area contributed by atoms with E-state index in [2.05, 4.69) is 41.1 Å². The van der Waals surface area contributed by atoms with Gasteiger partial charge in [-0.3, -0.25) is 5.32 Å². The first kappa shape index (κ1) is 11.9. The van der Waals surface area contributed by atoms with Gasteiger partial charge in [0.05, 0.1) is 5.54 Å². The summed E-state index contributed by atoms with van der Waals surface area (Å²) in [7, 11) is 0. The average molecular weight is 204 g/mol. The van der Waals surface area contributed by atoms with Crippen LogP contribution in [0.3, 0.4) is 0 Å². The molecule has 0 saturated heterocycles. The highest BCUT2D eigenvalue weighted by Gasteiger charge is 2.12. The largest absolute Gasteiger partial charge is 0.350 e. The van der Waals surface area contributed by atoms with Crippen LogP contribution in [0, 0.1) is 12.3 Å². The molecular weight excluding hydrogens is 184 g/mol. The standard InChI is InChI=1S/C13H20N2/c1-5-9-15-10-7-8-12(15)11-14-13(3,4)6-2/h2,7-8,10,14H,5,9,11H2,1,3-4H3. The molecule has 0 atom stereocenters. The van der Waals surface area contributed by atoms with Crippen LogP contribution < -0.4 is 5.32 Å². The van der Waals surface area contributed by atoms with Gasteiger partial charge in [-0.05, 0) is 32.4 Å². The van der Waals surface area contributed by atoms with Gasteiger partial charge in [0.1, 0.15) is 0 Å². The SMILES string of the molecule is C#CC(C)(C)NCc1cccn1CCC. The van der Waals surface area contributed by atoms with E-state index in [-0.39, 0.29) is 5.54 Å². The number of hydrogen-bond donors (Lipinski definition) is 1. The number of terminal acetylenes is 1. The first-order valence-electron chi connectivity index (χ1n) is 5.46. The highest BCUT2D eigenvalue weighted by Crippen LogP contribution is 2.06. The zero-order valence-corrected chi connectivity index (χ0v) is 9.88. The maximum atomic E-state index is 5.42. The lowest BCUT2D eigenvalue weighted by molar-refractivity contribution is 0.475. The van der Waals surface area contributed by atoms with Gasteiger partial charge >= 0.3 is 0 Å². The van der Waals surface area contributed by atoms with Gasteiger partial charge < -0.3 is 4.57 Å². The second-order valence-corrected chi connectivity index (χ2v) is 4.32. The first-order valence-corrected chi connectivity index (χ1v) is 5.46. The molecule has 0 aromatic carbocycles. The highest BCUT2D eigenvalue weighted by molar-refractivity contribution is 5.11. The van der Waals surface area contributed by atoms with Gasteiger partial charge in [-0.25, -0.2) is 0 Å². The second-order valence-electron chi connectivity index (χ2n) is 4.32. The van der Waals surface area contributed by atoms with Crippen LogP contribution in [0.2, 0.25) is 0 Å². The van der Waals surface area contributed by atoms with E-state index < -0.39 is 0 Å². The van der Waals surface area contributed by atoms with E-state index in [1.54, 1.807) is 0 Å². The molecule has 1 rings (SSSR count). The Morgan fingerprint density at radius 1 is 1.53 bits per heavy atom. The van der Waals surface area contributed by atoms with Crippen LogP contribution in [0.15, 0.2) is 18.3 Å². The molecule has 15 heavy (non-hydrogen) atoms. The fraction of sp³-hybridized carbons (Fsp3) is 0.538. The molecule has 0 unspecified atom stereocenters. The summed E-state index contributed by atoms with van der Waals surface area (Å²) in [6.07, 6.45) is 8.69. The summed E-state index contributed by atoms with van der Waals surface area (Å²) in [5.41, 5.74) is 1.06. The Bertz CT molecular complexity index is 342. The van der Waals surface area contributed by atoms with Crippen molar-refractivity contribution in [2.24, 2.45) is 0 Å². The number of hydrogen-bond acceptors (Lipinski definition) is 1. The average Bonchev–Trinajstić information content (AvgIpc) is 2.64. The van der Waals surface area contributed by atoms with Gasteiger partial charge in [-0.2, -0.15) is 0 Å². The van der Waals surface area contributed by atoms with Crippen molar-refractivity contribution in [1.82, 2.24) is 9.88 Å². The minimum Gasteiger partial charge on any atom is -0.350 e. The molecular formula is C13H20N2. The van der Waals surface area contributed by atoms with E-state index in [0.29, 0.717) is 0 Å². The van der Waals surface area contributed by atoms with Crippen molar-refractivity contribution in [2.45, 2.75) is 45.8 Å². The molecule has 2 nitrogen and oxygen atoms in total. The highest BCUT2D eigenvalue weighted by atomic mass is 15.0. The third-order valence-corrected chi connectivity index (χ3v) is 2.46. The van der Waals surface area contributed by atoms with Crippen molar-refractivity contribution in [3.05, 3.63) is 24.0 Å². The molecule has 1 heterocycles. The molecule has 82 valence electrons. The number of rotatable bonds is 5. The lowest BCUT2D eigenvalue weighted by atomic mass is 10.1. The zero-order valence-electron chi connectivity index (χ0n) is 9.88. The molecule has 2 heteroatoms. The van der Waals surface area contributed by atoms with Crippen molar-refractivity contribution in [3.63, 3.8) is 0 Å². The van der Waals surface area contributed by atoms with Gasteiger partial charge in [0.25, 0.3) is 0 Å². The fourth-order valence-corrected chi connectivity index (χ4v) is 1.43. The topological polar surface area (TPSA) is 17.0 Å². The Labute approximate surface area is 92.7 Å². The van der Waals surface area contributed by atoms with E-state index in [1.165, 1.54) is 5.69 Å². The number of nitrogens with one attached hydrogen (secondary N) is 1. The third-order valence-electron chi connectivity index (χ3n) is 2.46. The van der Waals surface area contributed by atoms with E-state index in [9.17, 15) is 0 Å². The van der Waals surface area contributed by atoms with Gasteiger partial charge in [0, 0.05) is 25.0 Å². The summed E-state index contributed by atoms with van der Waals surface area (Å²) >= 11 is 0. The molecule has 0 radical (unpaired) electrons.